The molecule has 1 atom stereocenters. The Balaban J connectivity index is 1.75. The number of ether oxygens (including phenoxy) is 1. The fourth-order valence-electron chi connectivity index (χ4n) is 3.37. The van der Waals surface area contributed by atoms with E-state index < -0.39 is 5.54 Å². The number of para-hydroxylation sites is 1. The number of nitrogens with zero attached hydrogens (tertiary/aromatic N) is 1. The van der Waals surface area contributed by atoms with Gasteiger partial charge in [-0.05, 0) is 25.0 Å². The van der Waals surface area contributed by atoms with E-state index in [0.717, 1.165) is 16.9 Å². The van der Waals surface area contributed by atoms with Gasteiger partial charge in [0.2, 0.25) is 11.8 Å². The van der Waals surface area contributed by atoms with Crippen LogP contribution >= 0.6 is 0 Å². The molecule has 26 heavy (non-hydrogen) atoms. The van der Waals surface area contributed by atoms with Crippen LogP contribution in [0.4, 0.5) is 0 Å². The first-order chi connectivity index (χ1) is 12.5. The number of nitrogens with one attached hydrogen (secondary N) is 1. The zero-order chi connectivity index (χ0) is 18.6. The number of likely N-dealkylation sites (tertiary alicyclic amines) is 1. The zero-order valence-corrected chi connectivity index (χ0v) is 15.2. The van der Waals surface area contributed by atoms with Gasteiger partial charge in [0.1, 0.15) is 11.3 Å². The fourth-order valence-corrected chi connectivity index (χ4v) is 3.37. The molecule has 1 heterocycles. The van der Waals surface area contributed by atoms with Crippen LogP contribution in [-0.4, -0.2) is 29.4 Å². The van der Waals surface area contributed by atoms with Gasteiger partial charge in [0.05, 0.1) is 13.7 Å². The summed E-state index contributed by atoms with van der Waals surface area (Å²) in [5.41, 5.74) is 1.07. The summed E-state index contributed by atoms with van der Waals surface area (Å²) < 4.78 is 5.39. The van der Waals surface area contributed by atoms with Crippen LogP contribution in [0.25, 0.3) is 0 Å². The van der Waals surface area contributed by atoms with Gasteiger partial charge in [0.15, 0.2) is 0 Å². The highest BCUT2D eigenvalue weighted by Gasteiger charge is 2.47. The minimum atomic E-state index is -0.854. The van der Waals surface area contributed by atoms with Crippen molar-refractivity contribution < 1.29 is 14.3 Å². The molecule has 0 aliphatic carbocycles. The molecule has 1 aliphatic rings. The van der Waals surface area contributed by atoms with E-state index in [2.05, 4.69) is 5.32 Å². The minimum Gasteiger partial charge on any atom is -0.496 e. The molecular formula is C21H24N2O3. The summed E-state index contributed by atoms with van der Waals surface area (Å²) in [5, 5.41) is 2.98. The second kappa shape index (κ2) is 7.60. The molecule has 2 aromatic rings. The topological polar surface area (TPSA) is 58.6 Å². The van der Waals surface area contributed by atoms with Crippen molar-refractivity contribution >= 4 is 11.8 Å². The van der Waals surface area contributed by atoms with Gasteiger partial charge in [-0.1, -0.05) is 48.5 Å². The van der Waals surface area contributed by atoms with Crippen LogP contribution < -0.4 is 10.1 Å². The average molecular weight is 352 g/mol. The Bertz CT molecular complexity index is 791. The summed E-state index contributed by atoms with van der Waals surface area (Å²) in [5.74, 6) is 0.592. The first-order valence-electron chi connectivity index (χ1n) is 8.79. The number of rotatable bonds is 6. The number of carbonyl (C=O) groups is 2. The van der Waals surface area contributed by atoms with Gasteiger partial charge in [0, 0.05) is 18.5 Å². The predicted octanol–water partition coefficient (Wildman–Crippen LogP) is 2.89. The van der Waals surface area contributed by atoms with E-state index in [1.165, 1.54) is 0 Å². The quantitative estimate of drug-likeness (QED) is 0.870. The van der Waals surface area contributed by atoms with E-state index in [1.807, 2.05) is 61.5 Å². The second-order valence-electron chi connectivity index (χ2n) is 6.73. The number of amides is 2. The van der Waals surface area contributed by atoms with Gasteiger partial charge < -0.3 is 15.0 Å². The number of carbonyl (C=O) groups excluding carboxylic acids is 2. The molecule has 136 valence electrons. The second-order valence-corrected chi connectivity index (χ2v) is 6.73. The maximum absolute atomic E-state index is 12.9. The summed E-state index contributed by atoms with van der Waals surface area (Å²) in [7, 11) is 1.61. The summed E-state index contributed by atoms with van der Waals surface area (Å²) in [6.45, 7) is 2.65. The first kappa shape index (κ1) is 18.0. The van der Waals surface area contributed by atoms with Gasteiger partial charge >= 0.3 is 0 Å². The lowest BCUT2D eigenvalue weighted by atomic mass is 9.96. The van der Waals surface area contributed by atoms with Gasteiger partial charge in [0.25, 0.3) is 0 Å². The lowest BCUT2D eigenvalue weighted by molar-refractivity contribution is -0.141. The van der Waals surface area contributed by atoms with Crippen molar-refractivity contribution in [2.75, 3.05) is 7.11 Å². The highest BCUT2D eigenvalue weighted by Crippen LogP contribution is 2.33. The van der Waals surface area contributed by atoms with Crippen LogP contribution in [0, 0.1) is 0 Å². The lowest BCUT2D eigenvalue weighted by Gasteiger charge is -2.34. The van der Waals surface area contributed by atoms with Crippen LogP contribution in [0.5, 0.6) is 5.75 Å². The third-order valence-electron chi connectivity index (χ3n) is 5.03. The maximum atomic E-state index is 12.9. The number of hydrogen-bond acceptors (Lipinski definition) is 3. The molecule has 5 heteroatoms. The molecule has 0 unspecified atom stereocenters. The van der Waals surface area contributed by atoms with Crippen LogP contribution in [-0.2, 0) is 22.7 Å². The van der Waals surface area contributed by atoms with Gasteiger partial charge in [-0.15, -0.1) is 0 Å². The van der Waals surface area contributed by atoms with Crippen molar-refractivity contribution in [2.45, 2.75) is 38.4 Å². The lowest BCUT2D eigenvalue weighted by Crippen LogP contribution is -2.53. The molecule has 0 bridgehead atoms. The van der Waals surface area contributed by atoms with Gasteiger partial charge in [-0.25, -0.2) is 0 Å². The number of benzene rings is 2. The summed E-state index contributed by atoms with van der Waals surface area (Å²) in [4.78, 5) is 27.1. The summed E-state index contributed by atoms with van der Waals surface area (Å²) in [6.07, 6.45) is 0.895. The van der Waals surface area contributed by atoms with E-state index in [-0.39, 0.29) is 11.8 Å². The van der Waals surface area contributed by atoms with E-state index in [1.54, 1.807) is 12.0 Å². The van der Waals surface area contributed by atoms with E-state index in [0.29, 0.717) is 25.9 Å². The third-order valence-corrected chi connectivity index (χ3v) is 5.03. The molecule has 1 saturated heterocycles. The van der Waals surface area contributed by atoms with E-state index >= 15 is 0 Å². The maximum Gasteiger partial charge on any atom is 0.245 e. The third kappa shape index (κ3) is 3.57. The zero-order valence-electron chi connectivity index (χ0n) is 15.2. The highest BCUT2D eigenvalue weighted by atomic mass is 16.5. The smallest absolute Gasteiger partial charge is 0.245 e. The van der Waals surface area contributed by atoms with Gasteiger partial charge in [-0.3, -0.25) is 9.59 Å². The fraction of sp³-hybridized carbons (Fsp3) is 0.333. The van der Waals surface area contributed by atoms with E-state index in [4.69, 9.17) is 4.74 Å². The largest absolute Gasteiger partial charge is 0.496 e. The van der Waals surface area contributed by atoms with Crippen molar-refractivity contribution in [1.29, 1.82) is 0 Å². The molecule has 2 aromatic carbocycles. The molecule has 5 nitrogen and oxygen atoms in total. The monoisotopic (exact) mass is 352 g/mol. The molecule has 1 aliphatic heterocycles. The van der Waals surface area contributed by atoms with Crippen LogP contribution in [0.2, 0.25) is 0 Å². The van der Waals surface area contributed by atoms with Crippen molar-refractivity contribution in [3.63, 3.8) is 0 Å². The molecule has 3 rings (SSSR count). The molecule has 0 spiro atoms. The average Bonchev–Trinajstić information content (AvgIpc) is 2.97. The summed E-state index contributed by atoms with van der Waals surface area (Å²) >= 11 is 0. The molecular weight excluding hydrogens is 328 g/mol. The molecule has 1 fully saturated rings. The van der Waals surface area contributed by atoms with Crippen molar-refractivity contribution in [1.82, 2.24) is 10.2 Å². The number of hydrogen-bond donors (Lipinski definition) is 1. The van der Waals surface area contributed by atoms with Gasteiger partial charge in [-0.2, -0.15) is 0 Å². The van der Waals surface area contributed by atoms with Crippen molar-refractivity contribution in [2.24, 2.45) is 0 Å². The van der Waals surface area contributed by atoms with Crippen molar-refractivity contribution in [3.8, 4) is 5.75 Å². The minimum absolute atomic E-state index is 0.00623. The number of methoxy groups -OCH3 is 1. The SMILES string of the molecule is COc1ccccc1CN1C(=O)CC[C@@]1(C)C(=O)NCc1ccccc1. The highest BCUT2D eigenvalue weighted by molar-refractivity contribution is 5.94. The summed E-state index contributed by atoms with van der Waals surface area (Å²) in [6, 6.07) is 17.3. The van der Waals surface area contributed by atoms with Crippen LogP contribution in [0.1, 0.15) is 30.9 Å². The molecule has 2 amide bonds. The molecule has 0 aromatic heterocycles. The molecule has 1 N–H and O–H groups in total. The molecule has 0 saturated carbocycles. The van der Waals surface area contributed by atoms with Crippen molar-refractivity contribution in [3.05, 3.63) is 65.7 Å². The Morgan fingerprint density at radius 3 is 2.58 bits per heavy atom. The molecule has 0 radical (unpaired) electrons. The Hall–Kier alpha value is -2.82. The standard InChI is InChI=1S/C21H24N2O3/c1-21(20(25)22-14-16-8-4-3-5-9-16)13-12-19(24)23(21)15-17-10-6-7-11-18(17)26-2/h3-11H,12-15H2,1-2H3,(H,22,25)/t21-/m0/s1. The Morgan fingerprint density at radius 1 is 1.15 bits per heavy atom. The Labute approximate surface area is 154 Å². The Morgan fingerprint density at radius 2 is 1.85 bits per heavy atom. The van der Waals surface area contributed by atoms with Crippen LogP contribution in [0.3, 0.4) is 0 Å². The predicted molar refractivity (Wildman–Crippen MR) is 99.5 cm³/mol. The first-order valence-corrected chi connectivity index (χ1v) is 8.79. The van der Waals surface area contributed by atoms with E-state index in [9.17, 15) is 9.59 Å². The Kier molecular flexibility index (Phi) is 5.26. The van der Waals surface area contributed by atoms with Crippen LogP contribution in [0.15, 0.2) is 54.6 Å². The normalized spacial score (nSPS) is 19.5.